The lowest BCUT2D eigenvalue weighted by molar-refractivity contribution is -0.120. The standard InChI is InChI=1S/C20H19BrN4O3/c1-22-18(26)11-10-16-20(28)25(17-5-3-2-4-15(17)24-16)12-19(27)23-14-8-6-13(21)7-9-14/h2-9H,10-12H2,1H3,(H,22,26)(H,23,27). The van der Waals surface area contributed by atoms with Crippen molar-refractivity contribution in [3.63, 3.8) is 0 Å². The van der Waals surface area contributed by atoms with Crippen molar-refractivity contribution in [2.45, 2.75) is 19.4 Å². The van der Waals surface area contributed by atoms with E-state index in [9.17, 15) is 14.4 Å². The summed E-state index contributed by atoms with van der Waals surface area (Å²) in [5, 5.41) is 5.31. The van der Waals surface area contributed by atoms with E-state index in [1.165, 1.54) is 4.57 Å². The Bertz CT molecular complexity index is 1080. The molecule has 3 rings (SSSR count). The second kappa shape index (κ2) is 8.79. The van der Waals surface area contributed by atoms with Crippen molar-refractivity contribution in [2.75, 3.05) is 12.4 Å². The summed E-state index contributed by atoms with van der Waals surface area (Å²) >= 11 is 3.35. The molecular formula is C20H19BrN4O3. The average Bonchev–Trinajstić information content (AvgIpc) is 2.70. The van der Waals surface area contributed by atoms with Crippen LogP contribution in [-0.4, -0.2) is 28.4 Å². The molecule has 0 fully saturated rings. The maximum Gasteiger partial charge on any atom is 0.273 e. The van der Waals surface area contributed by atoms with Crippen LogP contribution in [0.3, 0.4) is 0 Å². The predicted octanol–water partition coefficient (Wildman–Crippen LogP) is 2.48. The first kappa shape index (κ1) is 19.8. The molecule has 1 heterocycles. The lowest BCUT2D eigenvalue weighted by Gasteiger charge is -2.12. The van der Waals surface area contributed by atoms with E-state index in [0.717, 1.165) is 4.47 Å². The third-order valence-electron chi connectivity index (χ3n) is 4.22. The van der Waals surface area contributed by atoms with Crippen molar-refractivity contribution in [3.05, 3.63) is 69.1 Å². The quantitative estimate of drug-likeness (QED) is 0.612. The highest BCUT2D eigenvalue weighted by molar-refractivity contribution is 9.10. The fraction of sp³-hybridized carbons (Fsp3) is 0.200. The minimum atomic E-state index is -0.367. The first-order chi connectivity index (χ1) is 13.5. The number of hydrogen-bond acceptors (Lipinski definition) is 4. The van der Waals surface area contributed by atoms with Gasteiger partial charge in [-0.1, -0.05) is 28.1 Å². The molecule has 7 nitrogen and oxygen atoms in total. The molecule has 3 aromatic rings. The molecule has 8 heteroatoms. The Morgan fingerprint density at radius 2 is 1.79 bits per heavy atom. The van der Waals surface area contributed by atoms with Crippen LogP contribution in [0.2, 0.25) is 0 Å². The number of rotatable bonds is 6. The van der Waals surface area contributed by atoms with E-state index < -0.39 is 0 Å². The normalized spacial score (nSPS) is 10.6. The van der Waals surface area contributed by atoms with Crippen LogP contribution in [0, 0.1) is 0 Å². The van der Waals surface area contributed by atoms with Crippen molar-refractivity contribution in [3.8, 4) is 0 Å². The van der Waals surface area contributed by atoms with Gasteiger partial charge in [0.25, 0.3) is 5.56 Å². The molecule has 0 aliphatic carbocycles. The molecule has 28 heavy (non-hydrogen) atoms. The summed E-state index contributed by atoms with van der Waals surface area (Å²) < 4.78 is 2.30. The zero-order valence-electron chi connectivity index (χ0n) is 15.2. The van der Waals surface area contributed by atoms with Crippen molar-refractivity contribution in [2.24, 2.45) is 0 Å². The number of anilines is 1. The molecule has 2 aromatic carbocycles. The summed E-state index contributed by atoms with van der Waals surface area (Å²) in [5.41, 5.74) is 1.71. The molecule has 0 unspecified atom stereocenters. The van der Waals surface area contributed by atoms with Gasteiger partial charge in [-0.3, -0.25) is 19.0 Å². The lowest BCUT2D eigenvalue weighted by atomic mass is 10.2. The Kier molecular flexibility index (Phi) is 6.20. The van der Waals surface area contributed by atoms with Gasteiger partial charge in [0.15, 0.2) is 0 Å². The van der Waals surface area contributed by atoms with E-state index in [-0.39, 0.29) is 42.5 Å². The van der Waals surface area contributed by atoms with Crippen LogP contribution in [0.15, 0.2) is 57.8 Å². The zero-order valence-corrected chi connectivity index (χ0v) is 16.8. The molecule has 0 atom stereocenters. The number of aryl methyl sites for hydroxylation is 1. The number of nitrogens with zero attached hydrogens (tertiary/aromatic N) is 2. The van der Waals surface area contributed by atoms with Gasteiger partial charge < -0.3 is 10.6 Å². The van der Waals surface area contributed by atoms with Gasteiger partial charge in [0.2, 0.25) is 11.8 Å². The van der Waals surface area contributed by atoms with Crippen LogP contribution < -0.4 is 16.2 Å². The van der Waals surface area contributed by atoms with Gasteiger partial charge >= 0.3 is 0 Å². The summed E-state index contributed by atoms with van der Waals surface area (Å²) in [6.07, 6.45) is 0.361. The lowest BCUT2D eigenvalue weighted by Crippen LogP contribution is -2.31. The van der Waals surface area contributed by atoms with E-state index in [0.29, 0.717) is 16.7 Å². The zero-order chi connectivity index (χ0) is 20.1. The highest BCUT2D eigenvalue weighted by atomic mass is 79.9. The maximum absolute atomic E-state index is 12.9. The summed E-state index contributed by atoms with van der Waals surface area (Å²) in [5.74, 6) is -0.494. The van der Waals surface area contributed by atoms with E-state index in [1.807, 2.05) is 18.2 Å². The second-order valence-corrected chi connectivity index (χ2v) is 7.08. The number of para-hydroxylation sites is 2. The molecule has 0 spiro atoms. The fourth-order valence-electron chi connectivity index (χ4n) is 2.80. The number of halogens is 1. The number of hydrogen-bond donors (Lipinski definition) is 2. The van der Waals surface area contributed by atoms with Crippen molar-refractivity contribution in [1.29, 1.82) is 0 Å². The van der Waals surface area contributed by atoms with Crippen LogP contribution in [0.4, 0.5) is 5.69 Å². The largest absolute Gasteiger partial charge is 0.359 e. The molecule has 0 saturated carbocycles. The smallest absolute Gasteiger partial charge is 0.273 e. The summed E-state index contributed by atoms with van der Waals surface area (Å²) in [6, 6.07) is 14.3. The highest BCUT2D eigenvalue weighted by Gasteiger charge is 2.14. The average molecular weight is 443 g/mol. The Morgan fingerprint density at radius 1 is 1.07 bits per heavy atom. The molecule has 144 valence electrons. The summed E-state index contributed by atoms with van der Waals surface area (Å²) in [6.45, 7) is -0.148. The van der Waals surface area contributed by atoms with Crippen LogP contribution >= 0.6 is 15.9 Å². The topological polar surface area (TPSA) is 93.1 Å². The molecule has 2 N–H and O–H groups in total. The van der Waals surface area contributed by atoms with Gasteiger partial charge in [0.1, 0.15) is 12.2 Å². The monoisotopic (exact) mass is 442 g/mol. The van der Waals surface area contributed by atoms with E-state index in [2.05, 4.69) is 31.5 Å². The number of fused-ring (bicyclic) bond motifs is 1. The van der Waals surface area contributed by atoms with Crippen LogP contribution in [-0.2, 0) is 22.6 Å². The van der Waals surface area contributed by atoms with Crippen molar-refractivity contribution < 1.29 is 9.59 Å². The van der Waals surface area contributed by atoms with Gasteiger partial charge in [0.05, 0.1) is 11.0 Å². The number of amides is 2. The fourth-order valence-corrected chi connectivity index (χ4v) is 3.06. The first-order valence-corrected chi connectivity index (χ1v) is 9.51. The molecule has 0 bridgehead atoms. The Labute approximate surface area is 169 Å². The minimum absolute atomic E-state index is 0.148. The minimum Gasteiger partial charge on any atom is -0.359 e. The Morgan fingerprint density at radius 3 is 2.50 bits per heavy atom. The SMILES string of the molecule is CNC(=O)CCc1nc2ccccc2n(CC(=O)Nc2ccc(Br)cc2)c1=O. The molecule has 0 aliphatic rings. The Balaban J connectivity index is 1.90. The predicted molar refractivity (Wildman–Crippen MR) is 111 cm³/mol. The molecule has 0 aliphatic heterocycles. The van der Waals surface area contributed by atoms with Gasteiger partial charge in [-0.15, -0.1) is 0 Å². The van der Waals surface area contributed by atoms with Gasteiger partial charge in [0, 0.05) is 30.0 Å². The summed E-state index contributed by atoms with van der Waals surface area (Å²) in [7, 11) is 1.54. The third kappa shape index (κ3) is 4.64. The van der Waals surface area contributed by atoms with Crippen LogP contribution in [0.5, 0.6) is 0 Å². The van der Waals surface area contributed by atoms with E-state index >= 15 is 0 Å². The van der Waals surface area contributed by atoms with Crippen molar-refractivity contribution in [1.82, 2.24) is 14.9 Å². The molecular weight excluding hydrogens is 424 g/mol. The van der Waals surface area contributed by atoms with Crippen LogP contribution in [0.25, 0.3) is 11.0 Å². The van der Waals surface area contributed by atoms with Gasteiger partial charge in [-0.25, -0.2) is 4.98 Å². The first-order valence-electron chi connectivity index (χ1n) is 8.72. The maximum atomic E-state index is 12.9. The number of aromatic nitrogens is 2. The van der Waals surface area contributed by atoms with E-state index in [1.54, 1.807) is 37.4 Å². The molecule has 0 radical (unpaired) electrons. The summed E-state index contributed by atoms with van der Waals surface area (Å²) in [4.78, 5) is 41.3. The molecule has 2 amide bonds. The number of benzene rings is 2. The highest BCUT2D eigenvalue weighted by Crippen LogP contribution is 2.15. The van der Waals surface area contributed by atoms with E-state index in [4.69, 9.17) is 0 Å². The second-order valence-electron chi connectivity index (χ2n) is 6.17. The Hall–Kier alpha value is -3.00. The molecule has 0 saturated heterocycles. The van der Waals surface area contributed by atoms with Crippen molar-refractivity contribution >= 4 is 44.5 Å². The van der Waals surface area contributed by atoms with Gasteiger partial charge in [-0.2, -0.15) is 0 Å². The molecule has 1 aromatic heterocycles. The van der Waals surface area contributed by atoms with Crippen LogP contribution in [0.1, 0.15) is 12.1 Å². The van der Waals surface area contributed by atoms with Gasteiger partial charge in [-0.05, 0) is 36.4 Å². The third-order valence-corrected chi connectivity index (χ3v) is 4.75. The number of carbonyl (C=O) groups is 2. The number of nitrogens with one attached hydrogen (secondary N) is 2. The number of carbonyl (C=O) groups excluding carboxylic acids is 2.